The van der Waals surface area contributed by atoms with Gasteiger partial charge in [0.2, 0.25) is 0 Å². The minimum atomic E-state index is -0.810. The van der Waals surface area contributed by atoms with Gasteiger partial charge < -0.3 is 9.84 Å². The van der Waals surface area contributed by atoms with Crippen LogP contribution in [0.25, 0.3) is 5.57 Å². The van der Waals surface area contributed by atoms with E-state index in [4.69, 9.17) is 9.84 Å². The minimum Gasteiger partial charge on any atom is -0.494 e. The number of hydrogen-bond donors (Lipinski definition) is 1. The number of ether oxygens (including phenoxy) is 1. The molecule has 0 amide bonds. The Morgan fingerprint density at radius 3 is 2.56 bits per heavy atom. The molecule has 0 atom stereocenters. The maximum absolute atomic E-state index is 10.6. The second-order valence-corrected chi connectivity index (χ2v) is 4.35. The van der Waals surface area contributed by atoms with Crippen molar-refractivity contribution in [3.8, 4) is 5.75 Å². The second-order valence-electron chi connectivity index (χ2n) is 4.35. The highest BCUT2D eigenvalue weighted by Crippen LogP contribution is 2.27. The zero-order chi connectivity index (χ0) is 13.7. The van der Waals surface area contributed by atoms with Crippen molar-refractivity contribution in [2.45, 2.75) is 34.1 Å². The molecule has 0 radical (unpaired) electrons. The fourth-order valence-corrected chi connectivity index (χ4v) is 1.88. The second kappa shape index (κ2) is 6.24. The van der Waals surface area contributed by atoms with E-state index in [9.17, 15) is 4.79 Å². The van der Waals surface area contributed by atoms with Crippen LogP contribution in [0.15, 0.2) is 18.2 Å². The zero-order valence-corrected chi connectivity index (χ0v) is 11.4. The molecule has 0 unspecified atom stereocenters. The summed E-state index contributed by atoms with van der Waals surface area (Å²) in [4.78, 5) is 10.6. The molecular weight excluding hydrogens is 228 g/mol. The molecule has 0 bridgehead atoms. The number of aryl methyl sites for hydroxylation is 2. The molecular formula is C15H20O3. The maximum Gasteiger partial charge on any atom is 0.307 e. The zero-order valence-electron chi connectivity index (χ0n) is 11.4. The van der Waals surface area contributed by atoms with E-state index >= 15 is 0 Å². The van der Waals surface area contributed by atoms with Gasteiger partial charge in [-0.15, -0.1) is 0 Å². The van der Waals surface area contributed by atoms with Gasteiger partial charge in [-0.05, 0) is 62.1 Å². The molecule has 0 aliphatic carbocycles. The lowest BCUT2D eigenvalue weighted by Gasteiger charge is -2.13. The fraction of sp³-hybridized carbons (Fsp3) is 0.400. The van der Waals surface area contributed by atoms with Crippen molar-refractivity contribution in [2.75, 3.05) is 6.61 Å². The molecule has 1 N–H and O–H groups in total. The van der Waals surface area contributed by atoms with Gasteiger partial charge in [0.1, 0.15) is 5.75 Å². The fourth-order valence-electron chi connectivity index (χ4n) is 1.88. The highest BCUT2D eigenvalue weighted by molar-refractivity contribution is 5.75. The van der Waals surface area contributed by atoms with Crippen molar-refractivity contribution in [1.82, 2.24) is 0 Å². The third-order valence-corrected chi connectivity index (χ3v) is 2.83. The number of carbonyl (C=O) groups is 1. The average molecular weight is 248 g/mol. The minimum absolute atomic E-state index is 0.0531. The predicted octanol–water partition coefficient (Wildman–Crippen LogP) is 3.58. The molecule has 3 heteroatoms. The first kappa shape index (κ1) is 14.3. The van der Waals surface area contributed by atoms with E-state index in [1.54, 1.807) is 6.08 Å². The first-order chi connectivity index (χ1) is 8.45. The Labute approximate surface area is 108 Å². The summed E-state index contributed by atoms with van der Waals surface area (Å²) in [6, 6.07) is 4.06. The summed E-state index contributed by atoms with van der Waals surface area (Å²) < 4.78 is 5.54. The molecule has 0 saturated carbocycles. The third kappa shape index (κ3) is 3.62. The topological polar surface area (TPSA) is 46.5 Å². The highest BCUT2D eigenvalue weighted by Gasteiger charge is 2.07. The Bertz CT molecular complexity index is 473. The van der Waals surface area contributed by atoms with Crippen molar-refractivity contribution in [3.63, 3.8) is 0 Å². The van der Waals surface area contributed by atoms with Crippen LogP contribution in [0, 0.1) is 13.8 Å². The van der Waals surface area contributed by atoms with Gasteiger partial charge in [0.25, 0.3) is 0 Å². The van der Waals surface area contributed by atoms with Crippen LogP contribution >= 0.6 is 0 Å². The van der Waals surface area contributed by atoms with Gasteiger partial charge in [-0.1, -0.05) is 6.08 Å². The monoisotopic (exact) mass is 248 g/mol. The standard InChI is InChI=1S/C15H20O3/c1-5-18-14-9-11(3)13(8-12(14)4)10(2)6-7-15(16)17/h6,8-9H,5,7H2,1-4H3,(H,16,17)/b10-6+. The van der Waals surface area contributed by atoms with Crippen LogP contribution in [0.3, 0.4) is 0 Å². The van der Waals surface area contributed by atoms with Crippen LogP contribution in [-0.4, -0.2) is 17.7 Å². The van der Waals surface area contributed by atoms with Gasteiger partial charge in [-0.2, -0.15) is 0 Å². The number of benzene rings is 1. The van der Waals surface area contributed by atoms with Crippen molar-refractivity contribution >= 4 is 11.5 Å². The number of carboxylic acid groups (broad SMARTS) is 1. The van der Waals surface area contributed by atoms with Crippen LogP contribution in [-0.2, 0) is 4.79 Å². The van der Waals surface area contributed by atoms with Crippen molar-refractivity contribution in [1.29, 1.82) is 0 Å². The lowest BCUT2D eigenvalue weighted by molar-refractivity contribution is -0.135. The van der Waals surface area contributed by atoms with Crippen LogP contribution in [0.4, 0.5) is 0 Å². The Morgan fingerprint density at radius 1 is 1.33 bits per heavy atom. The smallest absolute Gasteiger partial charge is 0.307 e. The Balaban J connectivity index is 3.07. The average Bonchev–Trinajstić information content (AvgIpc) is 2.30. The van der Waals surface area contributed by atoms with Gasteiger partial charge in [-0.3, -0.25) is 4.79 Å². The quantitative estimate of drug-likeness (QED) is 0.866. The van der Waals surface area contributed by atoms with Crippen LogP contribution in [0.5, 0.6) is 5.75 Å². The molecule has 0 saturated heterocycles. The van der Waals surface area contributed by atoms with Gasteiger partial charge in [-0.25, -0.2) is 0 Å². The maximum atomic E-state index is 10.6. The highest BCUT2D eigenvalue weighted by atomic mass is 16.5. The number of aliphatic carboxylic acids is 1. The molecule has 1 rings (SSSR count). The number of allylic oxidation sites excluding steroid dienone is 1. The van der Waals surface area contributed by atoms with Gasteiger partial charge in [0.05, 0.1) is 13.0 Å². The molecule has 3 nitrogen and oxygen atoms in total. The van der Waals surface area contributed by atoms with E-state index in [1.807, 2.05) is 39.8 Å². The van der Waals surface area contributed by atoms with Crippen LogP contribution in [0.2, 0.25) is 0 Å². The largest absolute Gasteiger partial charge is 0.494 e. The van der Waals surface area contributed by atoms with E-state index in [-0.39, 0.29) is 6.42 Å². The summed E-state index contributed by atoms with van der Waals surface area (Å²) in [5.41, 5.74) is 4.24. The predicted molar refractivity (Wildman–Crippen MR) is 73.0 cm³/mol. The summed E-state index contributed by atoms with van der Waals surface area (Å²) in [5.74, 6) is 0.0828. The van der Waals surface area contributed by atoms with E-state index in [2.05, 4.69) is 0 Å². The molecule has 1 aromatic rings. The summed E-state index contributed by atoms with van der Waals surface area (Å²) in [5, 5.41) is 8.68. The lowest BCUT2D eigenvalue weighted by atomic mass is 9.98. The number of rotatable bonds is 5. The van der Waals surface area contributed by atoms with Gasteiger partial charge in [0, 0.05) is 0 Å². The first-order valence-corrected chi connectivity index (χ1v) is 6.08. The molecule has 0 aromatic heterocycles. The molecule has 0 spiro atoms. The molecule has 0 aliphatic heterocycles. The molecule has 1 aromatic carbocycles. The number of hydrogen-bond acceptors (Lipinski definition) is 2. The van der Waals surface area contributed by atoms with Crippen molar-refractivity contribution in [3.05, 3.63) is 34.9 Å². The Hall–Kier alpha value is -1.77. The lowest BCUT2D eigenvalue weighted by Crippen LogP contribution is -1.97. The molecule has 0 heterocycles. The Morgan fingerprint density at radius 2 is 2.00 bits per heavy atom. The van der Waals surface area contributed by atoms with E-state index < -0.39 is 5.97 Å². The molecule has 98 valence electrons. The molecule has 0 aliphatic rings. The summed E-state index contributed by atoms with van der Waals surface area (Å²) in [6.45, 7) is 8.55. The van der Waals surface area contributed by atoms with E-state index in [0.29, 0.717) is 6.61 Å². The van der Waals surface area contributed by atoms with E-state index in [0.717, 1.165) is 28.0 Å². The van der Waals surface area contributed by atoms with E-state index in [1.165, 1.54) is 0 Å². The Kier molecular flexibility index (Phi) is 4.95. The van der Waals surface area contributed by atoms with Crippen molar-refractivity contribution in [2.24, 2.45) is 0 Å². The summed E-state index contributed by atoms with van der Waals surface area (Å²) in [7, 11) is 0. The first-order valence-electron chi connectivity index (χ1n) is 6.08. The van der Waals surface area contributed by atoms with Gasteiger partial charge >= 0.3 is 5.97 Å². The summed E-state index contributed by atoms with van der Waals surface area (Å²) in [6.07, 6.45) is 1.79. The summed E-state index contributed by atoms with van der Waals surface area (Å²) >= 11 is 0. The number of carboxylic acids is 1. The molecule has 0 fully saturated rings. The van der Waals surface area contributed by atoms with Crippen LogP contribution in [0.1, 0.15) is 37.0 Å². The third-order valence-electron chi connectivity index (χ3n) is 2.83. The molecule has 18 heavy (non-hydrogen) atoms. The van der Waals surface area contributed by atoms with Crippen molar-refractivity contribution < 1.29 is 14.6 Å². The van der Waals surface area contributed by atoms with Gasteiger partial charge in [0.15, 0.2) is 0 Å². The van der Waals surface area contributed by atoms with Crippen LogP contribution < -0.4 is 4.74 Å². The SMILES string of the molecule is CCOc1cc(C)c(/C(C)=C/CC(=O)O)cc1C. The normalized spacial score (nSPS) is 11.4.